The minimum atomic E-state index is -0.562. The third-order valence-electron chi connectivity index (χ3n) is 3.46. The van der Waals surface area contributed by atoms with Crippen LogP contribution in [0, 0.1) is 0 Å². The third-order valence-corrected chi connectivity index (χ3v) is 4.20. The van der Waals surface area contributed by atoms with Gasteiger partial charge in [0, 0.05) is 17.4 Å². The van der Waals surface area contributed by atoms with Crippen molar-refractivity contribution in [1.29, 1.82) is 0 Å². The predicted molar refractivity (Wildman–Crippen MR) is 110 cm³/mol. The van der Waals surface area contributed by atoms with E-state index in [9.17, 15) is 9.90 Å². The lowest BCUT2D eigenvalue weighted by atomic mass is 10.1. The van der Waals surface area contributed by atoms with Crippen molar-refractivity contribution < 1.29 is 14.6 Å². The van der Waals surface area contributed by atoms with Crippen LogP contribution in [0.3, 0.4) is 0 Å². The van der Waals surface area contributed by atoms with Crippen LogP contribution in [-0.4, -0.2) is 35.4 Å². The largest absolute Gasteiger partial charge is 0.492 e. The Morgan fingerprint density at radius 2 is 2.00 bits per heavy atom. The number of nitrogens with one attached hydrogen (secondary N) is 2. The minimum absolute atomic E-state index is 0.158. The Kier molecular flexibility index (Phi) is 8.03. The van der Waals surface area contributed by atoms with Gasteiger partial charge in [0.25, 0.3) is 5.91 Å². The average molecular weight is 437 g/mol. The van der Waals surface area contributed by atoms with Crippen molar-refractivity contribution >= 4 is 39.2 Å². The van der Waals surface area contributed by atoms with Gasteiger partial charge in [-0.25, -0.2) is 0 Å². The number of rotatable bonds is 7. The van der Waals surface area contributed by atoms with E-state index in [1.807, 2.05) is 36.4 Å². The second-order valence-corrected chi connectivity index (χ2v) is 7.06. The van der Waals surface area contributed by atoms with Crippen molar-refractivity contribution in [3.63, 3.8) is 0 Å². The van der Waals surface area contributed by atoms with E-state index in [4.69, 9.17) is 17.0 Å². The molecule has 5 nitrogen and oxygen atoms in total. The van der Waals surface area contributed by atoms with Gasteiger partial charge in [0.05, 0.1) is 18.3 Å². The predicted octanol–water partition coefficient (Wildman–Crippen LogP) is 3.06. The lowest BCUT2D eigenvalue weighted by Gasteiger charge is -2.14. The van der Waals surface area contributed by atoms with E-state index in [1.54, 1.807) is 19.1 Å². The first-order valence-corrected chi connectivity index (χ1v) is 9.39. The number of aliphatic hydroxyl groups excluding tert-OH is 1. The fourth-order valence-electron chi connectivity index (χ4n) is 2.18. The van der Waals surface area contributed by atoms with Crippen molar-refractivity contribution in [1.82, 2.24) is 10.6 Å². The van der Waals surface area contributed by atoms with Gasteiger partial charge in [0.2, 0.25) is 0 Å². The summed E-state index contributed by atoms with van der Waals surface area (Å²) >= 11 is 8.44. The van der Waals surface area contributed by atoms with Crippen LogP contribution in [0.4, 0.5) is 0 Å². The van der Waals surface area contributed by atoms with Gasteiger partial charge in [-0.3, -0.25) is 10.1 Å². The molecule has 0 aromatic heterocycles. The molecule has 0 heterocycles. The number of aliphatic hydroxyl groups is 1. The number of hydrogen-bond acceptors (Lipinski definition) is 4. The molecule has 0 radical (unpaired) electrons. The zero-order valence-corrected chi connectivity index (χ0v) is 16.8. The summed E-state index contributed by atoms with van der Waals surface area (Å²) in [5.41, 5.74) is 1.55. The second kappa shape index (κ2) is 10.3. The van der Waals surface area contributed by atoms with Gasteiger partial charge < -0.3 is 15.2 Å². The van der Waals surface area contributed by atoms with Crippen LogP contribution < -0.4 is 15.4 Å². The molecule has 2 rings (SSSR count). The number of benzene rings is 2. The van der Waals surface area contributed by atoms with E-state index < -0.39 is 6.10 Å². The molecule has 0 aliphatic rings. The molecule has 0 aliphatic heterocycles. The molecule has 2 aromatic carbocycles. The Morgan fingerprint density at radius 3 is 2.69 bits per heavy atom. The normalized spacial score (nSPS) is 11.5. The molecule has 2 aromatic rings. The van der Waals surface area contributed by atoms with E-state index in [-0.39, 0.29) is 17.6 Å². The summed E-state index contributed by atoms with van der Waals surface area (Å²) in [5.74, 6) is 0.115. The molecule has 1 atom stereocenters. The standard InChI is InChI=1S/C19H21BrN2O3S/c1-13(23)12-21-19(26)22-18(24)16-11-15(20)7-8-17(16)25-10-9-14-5-3-2-4-6-14/h2-8,11,13,23H,9-10,12H2,1H3,(H2,21,22,24,26). The number of carbonyl (C=O) groups is 1. The number of amides is 1. The van der Waals surface area contributed by atoms with Crippen LogP contribution in [0.2, 0.25) is 0 Å². The highest BCUT2D eigenvalue weighted by Gasteiger charge is 2.15. The molecule has 0 spiro atoms. The smallest absolute Gasteiger partial charge is 0.261 e. The molecule has 0 aliphatic carbocycles. The average Bonchev–Trinajstić information content (AvgIpc) is 2.62. The first-order chi connectivity index (χ1) is 12.5. The topological polar surface area (TPSA) is 70.6 Å². The molecule has 1 amide bonds. The van der Waals surface area contributed by atoms with Crippen LogP contribution in [-0.2, 0) is 6.42 Å². The van der Waals surface area contributed by atoms with Gasteiger partial charge >= 0.3 is 0 Å². The van der Waals surface area contributed by atoms with Crippen molar-refractivity contribution in [2.45, 2.75) is 19.4 Å². The summed E-state index contributed by atoms with van der Waals surface area (Å²) in [7, 11) is 0. The Bertz CT molecular complexity index is 754. The number of halogens is 1. The van der Waals surface area contributed by atoms with Crippen molar-refractivity contribution in [2.24, 2.45) is 0 Å². The minimum Gasteiger partial charge on any atom is -0.492 e. The van der Waals surface area contributed by atoms with Gasteiger partial charge in [0.15, 0.2) is 5.11 Å². The zero-order valence-electron chi connectivity index (χ0n) is 14.4. The number of ether oxygens (including phenoxy) is 1. The van der Waals surface area contributed by atoms with E-state index in [1.165, 1.54) is 5.56 Å². The van der Waals surface area contributed by atoms with E-state index in [2.05, 4.69) is 26.6 Å². The highest BCUT2D eigenvalue weighted by molar-refractivity contribution is 9.10. The van der Waals surface area contributed by atoms with Gasteiger partial charge in [-0.15, -0.1) is 0 Å². The van der Waals surface area contributed by atoms with Crippen molar-refractivity contribution in [2.75, 3.05) is 13.2 Å². The molecule has 0 fully saturated rings. The molecule has 7 heteroatoms. The van der Waals surface area contributed by atoms with Crippen LogP contribution >= 0.6 is 28.1 Å². The number of thiocarbonyl (C=S) groups is 1. The van der Waals surface area contributed by atoms with E-state index in [0.717, 1.165) is 10.9 Å². The summed E-state index contributed by atoms with van der Waals surface area (Å²) in [4.78, 5) is 12.5. The summed E-state index contributed by atoms with van der Waals surface area (Å²) in [6, 6.07) is 15.2. The number of carbonyl (C=O) groups excluding carboxylic acids is 1. The van der Waals surface area contributed by atoms with Gasteiger partial charge in [-0.05, 0) is 42.9 Å². The monoisotopic (exact) mass is 436 g/mol. The highest BCUT2D eigenvalue weighted by atomic mass is 79.9. The van der Waals surface area contributed by atoms with Gasteiger partial charge in [-0.1, -0.05) is 46.3 Å². The maximum Gasteiger partial charge on any atom is 0.261 e. The molecular weight excluding hydrogens is 416 g/mol. The third kappa shape index (κ3) is 6.74. The fourth-order valence-corrected chi connectivity index (χ4v) is 2.72. The molecule has 3 N–H and O–H groups in total. The molecule has 1 unspecified atom stereocenters. The fraction of sp³-hybridized carbons (Fsp3) is 0.263. The van der Waals surface area contributed by atoms with Gasteiger partial charge in [0.1, 0.15) is 5.75 Å². The van der Waals surface area contributed by atoms with Crippen LogP contribution in [0.25, 0.3) is 0 Å². The molecular formula is C19H21BrN2O3S. The number of hydrogen-bond donors (Lipinski definition) is 3. The molecule has 0 saturated carbocycles. The first kappa shape index (κ1) is 20.4. The quantitative estimate of drug-likeness (QED) is 0.581. The SMILES string of the molecule is CC(O)CNC(=S)NC(=O)c1cc(Br)ccc1OCCc1ccccc1. The first-order valence-electron chi connectivity index (χ1n) is 8.19. The maximum absolute atomic E-state index is 12.5. The van der Waals surface area contributed by atoms with Crippen molar-refractivity contribution in [3.8, 4) is 5.75 Å². The second-order valence-electron chi connectivity index (χ2n) is 5.74. The Morgan fingerprint density at radius 1 is 1.27 bits per heavy atom. The Balaban J connectivity index is 1.99. The molecule has 138 valence electrons. The van der Waals surface area contributed by atoms with Crippen LogP contribution in [0.1, 0.15) is 22.8 Å². The zero-order chi connectivity index (χ0) is 18.9. The molecule has 0 saturated heterocycles. The van der Waals surface area contributed by atoms with E-state index >= 15 is 0 Å². The lowest BCUT2D eigenvalue weighted by Crippen LogP contribution is -2.41. The summed E-state index contributed by atoms with van der Waals surface area (Å²) in [6.07, 6.45) is 0.180. The lowest BCUT2D eigenvalue weighted by molar-refractivity contribution is 0.0972. The molecule has 26 heavy (non-hydrogen) atoms. The summed E-state index contributed by atoms with van der Waals surface area (Å²) in [6.45, 7) is 2.35. The maximum atomic E-state index is 12.5. The summed E-state index contributed by atoms with van der Waals surface area (Å²) in [5, 5.41) is 14.8. The Labute approximate surface area is 166 Å². The summed E-state index contributed by atoms with van der Waals surface area (Å²) < 4.78 is 6.58. The van der Waals surface area contributed by atoms with Crippen LogP contribution in [0.5, 0.6) is 5.75 Å². The Hall–Kier alpha value is -1.96. The highest BCUT2D eigenvalue weighted by Crippen LogP contribution is 2.23. The molecule has 0 bridgehead atoms. The van der Waals surface area contributed by atoms with Crippen LogP contribution in [0.15, 0.2) is 53.0 Å². The van der Waals surface area contributed by atoms with E-state index in [0.29, 0.717) is 17.9 Å². The van der Waals surface area contributed by atoms with Gasteiger partial charge in [-0.2, -0.15) is 0 Å². The van der Waals surface area contributed by atoms with Crippen molar-refractivity contribution in [3.05, 3.63) is 64.1 Å².